The van der Waals surface area contributed by atoms with Crippen LogP contribution in [-0.2, 0) is 0 Å². The lowest BCUT2D eigenvalue weighted by Crippen LogP contribution is -1.87. The predicted molar refractivity (Wildman–Crippen MR) is 65.5 cm³/mol. The van der Waals surface area contributed by atoms with Crippen molar-refractivity contribution < 1.29 is 4.74 Å². The van der Waals surface area contributed by atoms with Gasteiger partial charge in [0.25, 0.3) is 0 Å². The summed E-state index contributed by atoms with van der Waals surface area (Å²) in [6.07, 6.45) is 0. The summed E-state index contributed by atoms with van der Waals surface area (Å²) in [4.78, 5) is 0. The maximum absolute atomic E-state index is 5.73. The van der Waals surface area contributed by atoms with Crippen LogP contribution in [0.3, 0.4) is 0 Å². The molecule has 68 valence electrons. The first-order valence-corrected chi connectivity index (χ1v) is 5.63. The van der Waals surface area contributed by atoms with Crippen LogP contribution in [0.1, 0.15) is 0 Å². The molecule has 0 amide bonds. The molecule has 0 aliphatic carbocycles. The molecule has 4 heteroatoms. The molecular weight excluding hydrogens is 297 g/mol. The van der Waals surface area contributed by atoms with Gasteiger partial charge in [0, 0.05) is 21.8 Å². The van der Waals surface area contributed by atoms with Crippen molar-refractivity contribution in [3.63, 3.8) is 0 Å². The number of fused-ring (bicyclic) bond motifs is 1. The third-order valence-corrected chi connectivity index (χ3v) is 3.65. The Hall–Kier alpha value is -0.490. The van der Waals surface area contributed by atoms with Gasteiger partial charge in [-0.2, -0.15) is 0 Å². The molecule has 1 aromatic carbocycles. The van der Waals surface area contributed by atoms with Crippen molar-refractivity contribution in [3.05, 3.63) is 21.1 Å². The highest BCUT2D eigenvalue weighted by atomic mass is 127. The van der Waals surface area contributed by atoms with Gasteiger partial charge in [0.1, 0.15) is 5.75 Å². The summed E-state index contributed by atoms with van der Waals surface area (Å²) in [7, 11) is 1.67. The molecule has 2 aromatic rings. The van der Waals surface area contributed by atoms with Crippen LogP contribution in [-0.4, -0.2) is 7.11 Å². The van der Waals surface area contributed by atoms with Gasteiger partial charge in [-0.1, -0.05) is 0 Å². The van der Waals surface area contributed by atoms with Gasteiger partial charge in [-0.05, 0) is 34.7 Å². The molecule has 2 nitrogen and oxygen atoms in total. The van der Waals surface area contributed by atoms with E-state index in [9.17, 15) is 0 Å². The van der Waals surface area contributed by atoms with E-state index in [2.05, 4.69) is 28.7 Å². The topological polar surface area (TPSA) is 35.2 Å². The highest BCUT2D eigenvalue weighted by molar-refractivity contribution is 14.1. The van der Waals surface area contributed by atoms with Crippen LogP contribution in [0.15, 0.2) is 18.2 Å². The second-order valence-corrected chi connectivity index (χ2v) is 5.66. The van der Waals surface area contributed by atoms with Gasteiger partial charge < -0.3 is 10.5 Å². The van der Waals surface area contributed by atoms with Gasteiger partial charge in [0.15, 0.2) is 0 Å². The molecule has 13 heavy (non-hydrogen) atoms. The van der Waals surface area contributed by atoms with E-state index in [1.54, 1.807) is 18.4 Å². The average Bonchev–Trinajstić information content (AvgIpc) is 2.43. The number of anilines is 1. The molecule has 0 atom stereocenters. The highest BCUT2D eigenvalue weighted by Crippen LogP contribution is 2.35. The number of ether oxygens (including phenoxy) is 1. The van der Waals surface area contributed by atoms with E-state index in [-0.39, 0.29) is 0 Å². The molecule has 0 fully saturated rings. The van der Waals surface area contributed by atoms with Gasteiger partial charge >= 0.3 is 0 Å². The summed E-state index contributed by atoms with van der Waals surface area (Å²) < 4.78 is 7.67. The molecule has 0 radical (unpaired) electrons. The number of rotatable bonds is 1. The van der Waals surface area contributed by atoms with Gasteiger partial charge in [0.05, 0.1) is 9.99 Å². The third-order valence-electron chi connectivity index (χ3n) is 1.81. The standard InChI is InChI=1S/C9H8INOS/c1-12-7-2-5(11)3-8-6(7)4-9(10)13-8/h2-4H,11H2,1H3. The summed E-state index contributed by atoms with van der Waals surface area (Å²) in [5.41, 5.74) is 6.49. The molecule has 0 unspecified atom stereocenters. The fourth-order valence-electron chi connectivity index (χ4n) is 1.26. The number of hydrogen-bond acceptors (Lipinski definition) is 3. The number of hydrogen-bond donors (Lipinski definition) is 1. The number of nitrogen functional groups attached to an aromatic ring is 1. The normalized spacial score (nSPS) is 10.6. The van der Waals surface area contributed by atoms with Crippen molar-refractivity contribution in [2.24, 2.45) is 0 Å². The van der Waals surface area contributed by atoms with E-state index in [1.807, 2.05) is 12.1 Å². The van der Waals surface area contributed by atoms with E-state index in [0.717, 1.165) is 16.8 Å². The molecule has 0 saturated heterocycles. The number of benzene rings is 1. The largest absolute Gasteiger partial charge is 0.496 e. The molecular formula is C9H8INOS. The number of nitrogens with two attached hydrogens (primary N) is 1. The lowest BCUT2D eigenvalue weighted by atomic mass is 10.2. The van der Waals surface area contributed by atoms with Gasteiger partial charge in [-0.3, -0.25) is 0 Å². The van der Waals surface area contributed by atoms with E-state index in [4.69, 9.17) is 10.5 Å². The second kappa shape index (κ2) is 3.34. The van der Waals surface area contributed by atoms with Crippen LogP contribution in [0.2, 0.25) is 0 Å². The number of thiophene rings is 1. The Labute approximate surface area is 93.8 Å². The van der Waals surface area contributed by atoms with Crippen LogP contribution < -0.4 is 10.5 Å². The third kappa shape index (κ3) is 1.60. The van der Waals surface area contributed by atoms with Crippen LogP contribution in [0.5, 0.6) is 5.75 Å². The van der Waals surface area contributed by atoms with Crippen LogP contribution in [0, 0.1) is 2.88 Å². The smallest absolute Gasteiger partial charge is 0.129 e. The Morgan fingerprint density at radius 2 is 2.15 bits per heavy atom. The maximum atomic E-state index is 5.73. The molecule has 1 aromatic heterocycles. The van der Waals surface area contributed by atoms with Crippen molar-refractivity contribution in [2.75, 3.05) is 12.8 Å². The Bertz CT molecular complexity index is 452. The zero-order chi connectivity index (χ0) is 9.42. The van der Waals surface area contributed by atoms with E-state index in [0.29, 0.717) is 0 Å². The minimum absolute atomic E-state index is 0.752. The summed E-state index contributed by atoms with van der Waals surface area (Å²) in [6.45, 7) is 0. The minimum Gasteiger partial charge on any atom is -0.496 e. The Balaban J connectivity index is 2.80. The van der Waals surface area contributed by atoms with Gasteiger partial charge in [-0.25, -0.2) is 0 Å². The van der Waals surface area contributed by atoms with Crippen LogP contribution in [0.4, 0.5) is 5.69 Å². The Morgan fingerprint density at radius 3 is 2.85 bits per heavy atom. The molecule has 0 saturated carbocycles. The van der Waals surface area contributed by atoms with Gasteiger partial charge in [-0.15, -0.1) is 11.3 Å². The zero-order valence-corrected chi connectivity index (χ0v) is 9.98. The summed E-state index contributed by atoms with van der Waals surface area (Å²) in [5, 5.41) is 1.14. The highest BCUT2D eigenvalue weighted by Gasteiger charge is 2.06. The number of halogens is 1. The monoisotopic (exact) mass is 305 g/mol. The molecule has 0 spiro atoms. The fourth-order valence-corrected chi connectivity index (χ4v) is 3.14. The maximum Gasteiger partial charge on any atom is 0.129 e. The van der Waals surface area contributed by atoms with Crippen molar-refractivity contribution in [1.29, 1.82) is 0 Å². The zero-order valence-electron chi connectivity index (χ0n) is 7.00. The first-order valence-electron chi connectivity index (χ1n) is 3.73. The molecule has 0 aliphatic rings. The lowest BCUT2D eigenvalue weighted by Gasteiger charge is -2.02. The first kappa shape index (κ1) is 9.08. The summed E-state index contributed by atoms with van der Waals surface area (Å²) in [6, 6.07) is 5.94. The Morgan fingerprint density at radius 1 is 1.38 bits per heavy atom. The van der Waals surface area contributed by atoms with Crippen molar-refractivity contribution >= 4 is 49.7 Å². The van der Waals surface area contributed by atoms with Crippen LogP contribution >= 0.6 is 33.9 Å². The summed E-state index contributed by atoms with van der Waals surface area (Å²) >= 11 is 4.02. The molecule has 2 rings (SSSR count). The fraction of sp³-hybridized carbons (Fsp3) is 0.111. The van der Waals surface area contributed by atoms with Crippen LogP contribution in [0.25, 0.3) is 10.1 Å². The lowest BCUT2D eigenvalue weighted by molar-refractivity contribution is 0.420. The summed E-state index contributed by atoms with van der Waals surface area (Å²) in [5.74, 6) is 0.856. The molecule has 0 bridgehead atoms. The van der Waals surface area contributed by atoms with E-state index < -0.39 is 0 Å². The van der Waals surface area contributed by atoms with Crippen molar-refractivity contribution in [1.82, 2.24) is 0 Å². The quantitative estimate of drug-likeness (QED) is 0.649. The van der Waals surface area contributed by atoms with E-state index >= 15 is 0 Å². The second-order valence-electron chi connectivity index (χ2n) is 2.69. The molecule has 2 N–H and O–H groups in total. The first-order chi connectivity index (χ1) is 6.20. The van der Waals surface area contributed by atoms with E-state index in [1.165, 1.54) is 7.58 Å². The Kier molecular flexibility index (Phi) is 2.33. The van der Waals surface area contributed by atoms with Gasteiger partial charge in [0.2, 0.25) is 0 Å². The SMILES string of the molecule is COc1cc(N)cc2sc(I)cc12. The van der Waals surface area contributed by atoms with Crippen molar-refractivity contribution in [2.45, 2.75) is 0 Å². The minimum atomic E-state index is 0.752. The molecule has 1 heterocycles. The molecule has 0 aliphatic heterocycles. The number of methoxy groups -OCH3 is 1. The average molecular weight is 305 g/mol. The predicted octanol–water partition coefficient (Wildman–Crippen LogP) is 3.10. The van der Waals surface area contributed by atoms with Crippen molar-refractivity contribution in [3.8, 4) is 5.75 Å².